The van der Waals surface area contributed by atoms with Gasteiger partial charge >= 0.3 is 17.9 Å². The summed E-state index contributed by atoms with van der Waals surface area (Å²) in [5, 5.41) is 13.0. The Balaban J connectivity index is 2.09. The molecule has 0 aromatic heterocycles. The van der Waals surface area contributed by atoms with E-state index in [2.05, 4.69) is 9.99 Å². The lowest BCUT2D eigenvalue weighted by atomic mass is 10.1. The number of nitrogens with zero attached hydrogens (tertiary/aromatic N) is 1. The van der Waals surface area contributed by atoms with E-state index in [1.165, 1.54) is 24.8 Å². The average molecular weight is 427 g/mol. The fraction of sp³-hybridized carbons (Fsp3) is 0.182. The summed E-state index contributed by atoms with van der Waals surface area (Å²) in [7, 11) is 0. The minimum Gasteiger partial charge on any atom is -0.477 e. The standard InChI is InChI=1S/C22H21NO6S/c1-4-28-22(27)20(21(25)26)13-16-5-9-18(10-6-16)30-19-11-7-17(8-12-19)14(2)23-29-15(3)24/h5-13H,4H2,1-3H3,(H,25,26)/b20-13-,23-14+. The van der Waals surface area contributed by atoms with Gasteiger partial charge in [0.15, 0.2) is 0 Å². The van der Waals surface area contributed by atoms with Crippen molar-refractivity contribution in [3.8, 4) is 0 Å². The summed E-state index contributed by atoms with van der Waals surface area (Å²) >= 11 is 1.52. The third-order valence-electron chi connectivity index (χ3n) is 3.74. The first-order valence-corrected chi connectivity index (χ1v) is 9.84. The number of carbonyl (C=O) groups excluding carboxylic acids is 2. The second kappa shape index (κ2) is 11.0. The number of carboxylic acid groups (broad SMARTS) is 1. The number of ether oxygens (including phenoxy) is 1. The number of rotatable bonds is 8. The fourth-order valence-electron chi connectivity index (χ4n) is 2.30. The van der Waals surface area contributed by atoms with Gasteiger partial charge in [-0.15, -0.1) is 0 Å². The number of carbonyl (C=O) groups is 3. The largest absolute Gasteiger partial charge is 0.477 e. The van der Waals surface area contributed by atoms with Gasteiger partial charge in [0, 0.05) is 16.7 Å². The molecule has 0 aliphatic carbocycles. The average Bonchev–Trinajstić information content (AvgIpc) is 2.71. The van der Waals surface area contributed by atoms with Crippen LogP contribution in [0.15, 0.2) is 69.1 Å². The molecular formula is C22H21NO6S. The molecule has 0 saturated heterocycles. The molecule has 1 N–H and O–H groups in total. The number of oxime groups is 1. The summed E-state index contributed by atoms with van der Waals surface area (Å²) in [5.74, 6) is -2.67. The normalized spacial score (nSPS) is 11.7. The van der Waals surface area contributed by atoms with E-state index in [9.17, 15) is 19.5 Å². The molecule has 0 saturated carbocycles. The van der Waals surface area contributed by atoms with E-state index in [0.717, 1.165) is 15.4 Å². The Morgan fingerprint density at radius 2 is 1.57 bits per heavy atom. The summed E-state index contributed by atoms with van der Waals surface area (Å²) < 4.78 is 4.77. The highest BCUT2D eigenvalue weighted by Crippen LogP contribution is 2.28. The van der Waals surface area contributed by atoms with E-state index >= 15 is 0 Å². The number of hydrogen-bond acceptors (Lipinski definition) is 7. The second-order valence-corrected chi connectivity index (χ2v) is 7.19. The molecule has 8 heteroatoms. The fourth-order valence-corrected chi connectivity index (χ4v) is 3.12. The first-order chi connectivity index (χ1) is 14.3. The van der Waals surface area contributed by atoms with Gasteiger partial charge in [0.2, 0.25) is 0 Å². The van der Waals surface area contributed by atoms with Gasteiger partial charge in [-0.2, -0.15) is 0 Å². The highest BCUT2D eigenvalue weighted by Gasteiger charge is 2.18. The zero-order chi connectivity index (χ0) is 22.1. The second-order valence-electron chi connectivity index (χ2n) is 6.04. The maximum Gasteiger partial charge on any atom is 0.345 e. The maximum absolute atomic E-state index is 11.7. The molecule has 30 heavy (non-hydrogen) atoms. The van der Waals surface area contributed by atoms with Crippen molar-refractivity contribution in [3.63, 3.8) is 0 Å². The molecule has 0 heterocycles. The smallest absolute Gasteiger partial charge is 0.345 e. The third kappa shape index (κ3) is 6.89. The topological polar surface area (TPSA) is 102 Å². The molecule has 0 spiro atoms. The molecule has 7 nitrogen and oxygen atoms in total. The summed E-state index contributed by atoms with van der Waals surface area (Å²) in [6.45, 7) is 4.76. The van der Waals surface area contributed by atoms with Crippen LogP contribution in [-0.4, -0.2) is 35.3 Å². The van der Waals surface area contributed by atoms with Crippen molar-refractivity contribution in [2.24, 2.45) is 5.16 Å². The van der Waals surface area contributed by atoms with E-state index in [1.54, 1.807) is 26.0 Å². The minimum absolute atomic E-state index is 0.104. The molecule has 156 valence electrons. The zero-order valence-corrected chi connectivity index (χ0v) is 17.6. The van der Waals surface area contributed by atoms with Gasteiger partial charge in [-0.25, -0.2) is 14.4 Å². The minimum atomic E-state index is -1.33. The van der Waals surface area contributed by atoms with Gasteiger partial charge in [-0.05, 0) is 55.3 Å². The predicted octanol–water partition coefficient (Wildman–Crippen LogP) is 4.16. The monoisotopic (exact) mass is 427 g/mol. The number of benzene rings is 2. The van der Waals surface area contributed by atoms with Crippen LogP contribution in [0.2, 0.25) is 0 Å². The number of esters is 1. The SMILES string of the molecule is CCOC(=O)/C(=C\c1ccc(Sc2ccc(/C(C)=N/OC(C)=O)cc2)cc1)C(=O)O. The molecular weight excluding hydrogens is 406 g/mol. The van der Waals surface area contributed by atoms with Crippen molar-refractivity contribution >= 4 is 41.5 Å². The van der Waals surface area contributed by atoms with Crippen molar-refractivity contribution in [2.75, 3.05) is 6.61 Å². The summed E-state index contributed by atoms with van der Waals surface area (Å²) in [6.07, 6.45) is 1.29. The summed E-state index contributed by atoms with van der Waals surface area (Å²) in [6, 6.07) is 14.7. The quantitative estimate of drug-likeness (QED) is 0.128. The number of carboxylic acids is 1. The Hall–Kier alpha value is -3.39. The number of aliphatic carboxylic acids is 1. The molecule has 2 aromatic carbocycles. The molecule has 2 rings (SSSR count). The molecule has 0 aliphatic rings. The van der Waals surface area contributed by atoms with Crippen molar-refractivity contribution in [1.29, 1.82) is 0 Å². The van der Waals surface area contributed by atoms with E-state index in [-0.39, 0.29) is 6.61 Å². The molecule has 2 aromatic rings. The molecule has 0 fully saturated rings. The molecule has 0 amide bonds. The Morgan fingerprint density at radius 1 is 1.00 bits per heavy atom. The first kappa shape index (κ1) is 22.9. The molecule has 0 atom stereocenters. The molecule has 0 aliphatic heterocycles. The van der Waals surface area contributed by atoms with E-state index in [4.69, 9.17) is 4.74 Å². The van der Waals surface area contributed by atoms with Crippen molar-refractivity contribution < 1.29 is 29.1 Å². The summed E-state index contributed by atoms with van der Waals surface area (Å²) in [4.78, 5) is 40.4. The van der Waals surface area contributed by atoms with Crippen LogP contribution in [0, 0.1) is 0 Å². The Kier molecular flexibility index (Phi) is 8.37. The zero-order valence-electron chi connectivity index (χ0n) is 16.7. The van der Waals surface area contributed by atoms with Crippen LogP contribution in [0.25, 0.3) is 6.08 Å². The molecule has 0 bridgehead atoms. The van der Waals surface area contributed by atoms with Crippen LogP contribution in [0.5, 0.6) is 0 Å². The van der Waals surface area contributed by atoms with Gasteiger partial charge in [0.1, 0.15) is 5.57 Å². The highest BCUT2D eigenvalue weighted by atomic mass is 32.2. The third-order valence-corrected chi connectivity index (χ3v) is 4.75. The van der Waals surface area contributed by atoms with Crippen LogP contribution in [0.3, 0.4) is 0 Å². The van der Waals surface area contributed by atoms with Gasteiger partial charge < -0.3 is 14.7 Å². The van der Waals surface area contributed by atoms with Gasteiger partial charge in [0.25, 0.3) is 0 Å². The molecule has 0 radical (unpaired) electrons. The first-order valence-electron chi connectivity index (χ1n) is 9.02. The molecule has 0 unspecified atom stereocenters. The van der Waals surface area contributed by atoms with Crippen LogP contribution in [-0.2, 0) is 24.0 Å². The van der Waals surface area contributed by atoms with E-state index in [1.807, 2.05) is 36.4 Å². The Labute approximate surface area is 178 Å². The maximum atomic E-state index is 11.7. The van der Waals surface area contributed by atoms with Crippen molar-refractivity contribution in [2.45, 2.75) is 30.6 Å². The highest BCUT2D eigenvalue weighted by molar-refractivity contribution is 7.99. The lowest BCUT2D eigenvalue weighted by Crippen LogP contribution is -2.15. The summed E-state index contributed by atoms with van der Waals surface area (Å²) in [5.41, 5.74) is 1.59. The van der Waals surface area contributed by atoms with Crippen LogP contribution in [0.1, 0.15) is 31.9 Å². The van der Waals surface area contributed by atoms with E-state index in [0.29, 0.717) is 11.3 Å². The van der Waals surface area contributed by atoms with Crippen molar-refractivity contribution in [3.05, 3.63) is 65.2 Å². The van der Waals surface area contributed by atoms with Crippen LogP contribution in [0.4, 0.5) is 0 Å². The van der Waals surface area contributed by atoms with Gasteiger partial charge in [-0.3, -0.25) is 0 Å². The predicted molar refractivity (Wildman–Crippen MR) is 113 cm³/mol. The van der Waals surface area contributed by atoms with Crippen LogP contribution >= 0.6 is 11.8 Å². The van der Waals surface area contributed by atoms with Gasteiger partial charge in [-0.1, -0.05) is 41.2 Å². The van der Waals surface area contributed by atoms with Crippen LogP contribution < -0.4 is 0 Å². The Morgan fingerprint density at radius 3 is 2.07 bits per heavy atom. The lowest BCUT2D eigenvalue weighted by molar-refractivity contribution is -0.144. The van der Waals surface area contributed by atoms with Gasteiger partial charge in [0.05, 0.1) is 12.3 Å². The number of hydrogen-bond donors (Lipinski definition) is 1. The van der Waals surface area contributed by atoms with Crippen molar-refractivity contribution in [1.82, 2.24) is 0 Å². The Bertz CT molecular complexity index is 978. The van der Waals surface area contributed by atoms with E-state index < -0.39 is 23.5 Å². The lowest BCUT2D eigenvalue weighted by Gasteiger charge is -2.05.